The van der Waals surface area contributed by atoms with Gasteiger partial charge >= 0.3 is 0 Å². The molecular weight excluding hydrogens is 278 g/mol. The van der Waals surface area contributed by atoms with Gasteiger partial charge in [-0.15, -0.1) is 0 Å². The monoisotopic (exact) mass is 301 g/mol. The van der Waals surface area contributed by atoms with Crippen LogP contribution >= 0.6 is 0 Å². The number of benzene rings is 1. The first-order chi connectivity index (χ1) is 10.5. The summed E-state index contributed by atoms with van der Waals surface area (Å²) in [6, 6.07) is 9.39. The predicted octanol–water partition coefficient (Wildman–Crippen LogP) is 2.67. The number of amides is 1. The lowest BCUT2D eigenvalue weighted by Gasteiger charge is -2.15. The van der Waals surface area contributed by atoms with Crippen LogP contribution in [0.3, 0.4) is 0 Å². The quantitative estimate of drug-likeness (QED) is 0.600. The number of carbonyl (C=O) groups excluding carboxylic acids is 1. The molecule has 2 N–H and O–H groups in total. The molecule has 5 nitrogen and oxygen atoms in total. The van der Waals surface area contributed by atoms with Crippen molar-refractivity contribution in [2.75, 3.05) is 7.11 Å². The third-order valence-corrected chi connectivity index (χ3v) is 3.45. The fourth-order valence-corrected chi connectivity index (χ4v) is 1.74. The molecule has 118 valence electrons. The number of carbonyl (C=O) groups is 1. The Kier molecular flexibility index (Phi) is 6.97. The first-order valence-corrected chi connectivity index (χ1v) is 7.32. The molecular formula is C17H23N3O2. The topological polar surface area (TPSA) is 74.2 Å². The Morgan fingerprint density at radius 2 is 2.00 bits per heavy atom. The van der Waals surface area contributed by atoms with Crippen LogP contribution in [-0.4, -0.2) is 19.1 Å². The highest BCUT2D eigenvalue weighted by atomic mass is 16.5. The Morgan fingerprint density at radius 3 is 2.50 bits per heavy atom. The van der Waals surface area contributed by atoms with E-state index in [1.165, 1.54) is 6.20 Å². The van der Waals surface area contributed by atoms with E-state index in [0.717, 1.165) is 17.7 Å². The van der Waals surface area contributed by atoms with Crippen LogP contribution < -0.4 is 15.4 Å². The van der Waals surface area contributed by atoms with Gasteiger partial charge in [0, 0.05) is 12.2 Å². The molecule has 0 aliphatic rings. The minimum atomic E-state index is -0.387. The Morgan fingerprint density at radius 1 is 1.36 bits per heavy atom. The lowest BCUT2D eigenvalue weighted by Crippen LogP contribution is -2.29. The summed E-state index contributed by atoms with van der Waals surface area (Å²) in [5, 5.41) is 14.9. The molecule has 0 fully saturated rings. The zero-order valence-electron chi connectivity index (χ0n) is 13.5. The smallest absolute Gasteiger partial charge is 0.263 e. The van der Waals surface area contributed by atoms with Crippen molar-refractivity contribution < 1.29 is 9.53 Å². The summed E-state index contributed by atoms with van der Waals surface area (Å²) in [6.07, 6.45) is 2.39. The number of nitriles is 1. The van der Waals surface area contributed by atoms with Crippen LogP contribution in [0.15, 0.2) is 36.0 Å². The van der Waals surface area contributed by atoms with Gasteiger partial charge in [0.15, 0.2) is 0 Å². The molecule has 1 aromatic rings. The van der Waals surface area contributed by atoms with Gasteiger partial charge in [-0.3, -0.25) is 4.79 Å². The van der Waals surface area contributed by atoms with E-state index in [1.807, 2.05) is 51.1 Å². The van der Waals surface area contributed by atoms with Gasteiger partial charge in [0.25, 0.3) is 5.91 Å². The van der Waals surface area contributed by atoms with Crippen LogP contribution in [-0.2, 0) is 4.79 Å². The molecule has 2 atom stereocenters. The van der Waals surface area contributed by atoms with Crippen LogP contribution in [0.5, 0.6) is 5.75 Å². The van der Waals surface area contributed by atoms with Crippen LogP contribution in [0.25, 0.3) is 0 Å². The van der Waals surface area contributed by atoms with Gasteiger partial charge < -0.3 is 15.4 Å². The Bertz CT molecular complexity index is 558. The molecule has 22 heavy (non-hydrogen) atoms. The minimum Gasteiger partial charge on any atom is -0.497 e. The highest BCUT2D eigenvalue weighted by Gasteiger charge is 2.14. The number of hydrogen-bond acceptors (Lipinski definition) is 4. The summed E-state index contributed by atoms with van der Waals surface area (Å²) in [6.45, 7) is 5.89. The summed E-state index contributed by atoms with van der Waals surface area (Å²) in [4.78, 5) is 12.1. The van der Waals surface area contributed by atoms with Crippen molar-refractivity contribution in [1.82, 2.24) is 10.6 Å². The molecule has 5 heteroatoms. The van der Waals surface area contributed by atoms with E-state index in [-0.39, 0.29) is 23.6 Å². The van der Waals surface area contributed by atoms with E-state index >= 15 is 0 Å². The lowest BCUT2D eigenvalue weighted by atomic mass is 10.1. The summed E-state index contributed by atoms with van der Waals surface area (Å²) >= 11 is 0. The minimum absolute atomic E-state index is 0.0701. The van der Waals surface area contributed by atoms with Crippen molar-refractivity contribution in [2.24, 2.45) is 0 Å². The number of nitrogens with one attached hydrogen (secondary N) is 2. The number of methoxy groups -OCH3 is 1. The van der Waals surface area contributed by atoms with Gasteiger partial charge in [-0.2, -0.15) is 5.26 Å². The molecule has 0 heterocycles. The second-order valence-electron chi connectivity index (χ2n) is 5.11. The average Bonchev–Trinajstić information content (AvgIpc) is 2.55. The van der Waals surface area contributed by atoms with Crippen molar-refractivity contribution >= 4 is 5.91 Å². The Labute approximate surface area is 132 Å². The largest absolute Gasteiger partial charge is 0.497 e. The zero-order valence-corrected chi connectivity index (χ0v) is 13.5. The Balaban J connectivity index is 2.70. The van der Waals surface area contributed by atoms with Gasteiger partial charge in [0.05, 0.1) is 13.2 Å². The highest BCUT2D eigenvalue weighted by molar-refractivity contribution is 5.97. The maximum atomic E-state index is 12.1. The van der Waals surface area contributed by atoms with E-state index in [2.05, 4.69) is 10.6 Å². The SMILES string of the molecule is CCC(C)N/C=C(/C#N)C(=O)NC(C)c1ccc(OC)cc1. The summed E-state index contributed by atoms with van der Waals surface area (Å²) in [5.74, 6) is 0.374. The van der Waals surface area contributed by atoms with Crippen molar-refractivity contribution in [3.8, 4) is 11.8 Å². The first-order valence-electron chi connectivity index (χ1n) is 7.32. The van der Waals surface area contributed by atoms with Crippen LogP contribution in [0.1, 0.15) is 38.8 Å². The third-order valence-electron chi connectivity index (χ3n) is 3.45. The summed E-state index contributed by atoms with van der Waals surface area (Å²) in [7, 11) is 1.61. The standard InChI is InChI=1S/C17H23N3O2/c1-5-12(2)19-11-15(10-18)17(21)20-13(3)14-6-8-16(22-4)9-7-14/h6-9,11-13,19H,5H2,1-4H3,(H,20,21)/b15-11-. The zero-order chi connectivity index (χ0) is 16.5. The van der Waals surface area contributed by atoms with Crippen LogP contribution in [0.2, 0.25) is 0 Å². The van der Waals surface area contributed by atoms with E-state index in [0.29, 0.717) is 0 Å². The molecule has 1 aromatic carbocycles. The molecule has 1 rings (SSSR count). The van der Waals surface area contributed by atoms with E-state index in [1.54, 1.807) is 7.11 Å². The van der Waals surface area contributed by atoms with E-state index in [9.17, 15) is 4.79 Å². The number of hydrogen-bond donors (Lipinski definition) is 2. The molecule has 0 bridgehead atoms. The normalized spacial score (nSPS) is 13.7. The molecule has 0 spiro atoms. The highest BCUT2D eigenvalue weighted by Crippen LogP contribution is 2.17. The van der Waals surface area contributed by atoms with Crippen molar-refractivity contribution in [3.63, 3.8) is 0 Å². The summed E-state index contributed by atoms with van der Waals surface area (Å²) < 4.78 is 5.10. The summed E-state index contributed by atoms with van der Waals surface area (Å²) in [5.41, 5.74) is 1.02. The molecule has 0 aromatic heterocycles. The van der Waals surface area contributed by atoms with Gasteiger partial charge in [-0.1, -0.05) is 19.1 Å². The van der Waals surface area contributed by atoms with Crippen LogP contribution in [0, 0.1) is 11.3 Å². The molecule has 0 radical (unpaired) electrons. The van der Waals surface area contributed by atoms with Crippen molar-refractivity contribution in [3.05, 3.63) is 41.6 Å². The van der Waals surface area contributed by atoms with E-state index in [4.69, 9.17) is 10.00 Å². The average molecular weight is 301 g/mol. The fraction of sp³-hybridized carbons (Fsp3) is 0.412. The lowest BCUT2D eigenvalue weighted by molar-refractivity contribution is -0.117. The van der Waals surface area contributed by atoms with E-state index < -0.39 is 0 Å². The second-order valence-corrected chi connectivity index (χ2v) is 5.11. The molecule has 0 aliphatic carbocycles. The maximum absolute atomic E-state index is 12.1. The first kappa shape index (κ1) is 17.6. The molecule has 1 amide bonds. The van der Waals surface area contributed by atoms with Crippen LogP contribution in [0.4, 0.5) is 0 Å². The maximum Gasteiger partial charge on any atom is 0.263 e. The van der Waals surface area contributed by atoms with Gasteiger partial charge in [0.2, 0.25) is 0 Å². The van der Waals surface area contributed by atoms with Gasteiger partial charge in [0.1, 0.15) is 17.4 Å². The molecule has 0 saturated carbocycles. The van der Waals surface area contributed by atoms with Crippen molar-refractivity contribution in [1.29, 1.82) is 5.26 Å². The molecule has 0 aliphatic heterocycles. The van der Waals surface area contributed by atoms with Gasteiger partial charge in [-0.05, 0) is 38.0 Å². The van der Waals surface area contributed by atoms with Gasteiger partial charge in [-0.25, -0.2) is 0 Å². The number of ether oxygens (including phenoxy) is 1. The molecule has 2 unspecified atom stereocenters. The molecule has 0 saturated heterocycles. The number of nitrogens with zero attached hydrogens (tertiary/aromatic N) is 1. The number of rotatable bonds is 7. The van der Waals surface area contributed by atoms with Crippen molar-refractivity contribution in [2.45, 2.75) is 39.3 Å². The predicted molar refractivity (Wildman–Crippen MR) is 86.1 cm³/mol. The second kappa shape index (κ2) is 8.73. The Hall–Kier alpha value is -2.48. The fourth-order valence-electron chi connectivity index (χ4n) is 1.74. The third kappa shape index (κ3) is 5.13.